The summed E-state index contributed by atoms with van der Waals surface area (Å²) in [4.78, 5) is 0. The maximum atomic E-state index is 5.77. The second-order valence-corrected chi connectivity index (χ2v) is 2.78. The van der Waals surface area contributed by atoms with Crippen LogP contribution in [0.15, 0.2) is 12.2 Å². The second-order valence-electron chi connectivity index (χ2n) is 2.78. The normalized spacial score (nSPS) is 13.9. The van der Waals surface area contributed by atoms with E-state index < -0.39 is 0 Å². The minimum atomic E-state index is 0.190. The molecule has 0 bridgehead atoms. The van der Waals surface area contributed by atoms with E-state index in [-0.39, 0.29) is 6.04 Å². The summed E-state index contributed by atoms with van der Waals surface area (Å²) < 4.78 is 0. The first-order chi connectivity index (χ1) is 4.09. The van der Waals surface area contributed by atoms with Gasteiger partial charge in [-0.05, 0) is 12.3 Å². The summed E-state index contributed by atoms with van der Waals surface area (Å²) >= 11 is 0. The molecule has 0 spiro atoms. The van der Waals surface area contributed by atoms with Gasteiger partial charge in [0, 0.05) is 6.04 Å². The molecule has 0 saturated heterocycles. The second kappa shape index (κ2) is 3.67. The lowest BCUT2D eigenvalue weighted by Crippen LogP contribution is -2.27. The Hall–Kier alpha value is -0.300. The van der Waals surface area contributed by atoms with Gasteiger partial charge in [-0.15, -0.1) is 0 Å². The number of hydrogen-bond donors (Lipinski definition) is 1. The molecular weight excluding hydrogens is 110 g/mol. The summed E-state index contributed by atoms with van der Waals surface area (Å²) in [6.07, 6.45) is 0.999. The molecule has 0 aliphatic carbocycles. The monoisotopic (exact) mass is 127 g/mol. The fourth-order valence-electron chi connectivity index (χ4n) is 0.707. The first kappa shape index (κ1) is 8.70. The predicted octanol–water partition coefficient (Wildman–Crippen LogP) is 1.94. The van der Waals surface area contributed by atoms with Crippen molar-refractivity contribution in [3.63, 3.8) is 0 Å². The third-order valence-corrected chi connectivity index (χ3v) is 1.64. The summed E-state index contributed by atoms with van der Waals surface area (Å²) in [6.45, 7) is 10.2. The number of hydrogen-bond acceptors (Lipinski definition) is 1. The summed E-state index contributed by atoms with van der Waals surface area (Å²) in [5.41, 5.74) is 6.93. The van der Waals surface area contributed by atoms with Crippen LogP contribution in [0.25, 0.3) is 0 Å². The van der Waals surface area contributed by atoms with E-state index in [4.69, 9.17) is 5.73 Å². The van der Waals surface area contributed by atoms with Crippen molar-refractivity contribution in [3.05, 3.63) is 12.2 Å². The molecule has 0 aliphatic heterocycles. The molecule has 0 rings (SSSR count). The zero-order valence-corrected chi connectivity index (χ0v) is 6.65. The minimum absolute atomic E-state index is 0.190. The molecule has 9 heavy (non-hydrogen) atoms. The van der Waals surface area contributed by atoms with Crippen molar-refractivity contribution in [2.75, 3.05) is 0 Å². The van der Waals surface area contributed by atoms with Gasteiger partial charge in [0.05, 0.1) is 0 Å². The lowest BCUT2D eigenvalue weighted by atomic mass is 9.97. The third kappa shape index (κ3) is 2.66. The molecule has 0 aromatic rings. The maximum Gasteiger partial charge on any atom is 0.0274 e. The summed E-state index contributed by atoms with van der Waals surface area (Å²) in [7, 11) is 0. The van der Waals surface area contributed by atoms with Crippen LogP contribution in [-0.2, 0) is 0 Å². The van der Waals surface area contributed by atoms with E-state index in [1.165, 1.54) is 0 Å². The molecule has 0 heterocycles. The van der Waals surface area contributed by atoms with Gasteiger partial charge in [-0.3, -0.25) is 0 Å². The largest absolute Gasteiger partial charge is 0.324 e. The Morgan fingerprint density at radius 2 is 2.00 bits per heavy atom. The molecule has 1 atom stereocenters. The van der Waals surface area contributed by atoms with Gasteiger partial charge in [-0.25, -0.2) is 0 Å². The molecule has 1 heteroatoms. The van der Waals surface area contributed by atoms with Gasteiger partial charge in [0.1, 0.15) is 0 Å². The lowest BCUT2D eigenvalue weighted by Gasteiger charge is -2.16. The lowest BCUT2D eigenvalue weighted by molar-refractivity contribution is 0.539. The smallest absolute Gasteiger partial charge is 0.0274 e. The highest BCUT2D eigenvalue weighted by atomic mass is 14.6. The Bertz CT molecular complexity index is 94.7. The van der Waals surface area contributed by atoms with Crippen LogP contribution < -0.4 is 5.73 Å². The first-order valence-corrected chi connectivity index (χ1v) is 3.52. The zero-order valence-electron chi connectivity index (χ0n) is 6.65. The number of nitrogens with two attached hydrogens (primary N) is 1. The molecule has 2 N–H and O–H groups in total. The highest BCUT2D eigenvalue weighted by molar-refractivity contribution is 5.04. The molecule has 0 aliphatic rings. The SMILES string of the molecule is C=C(CC)C(N)C(C)C. The Kier molecular flexibility index (Phi) is 3.55. The highest BCUT2D eigenvalue weighted by Crippen LogP contribution is 2.09. The van der Waals surface area contributed by atoms with E-state index in [9.17, 15) is 0 Å². The fourth-order valence-corrected chi connectivity index (χ4v) is 0.707. The van der Waals surface area contributed by atoms with E-state index in [1.807, 2.05) is 0 Å². The molecule has 1 nitrogen and oxygen atoms in total. The quantitative estimate of drug-likeness (QED) is 0.576. The van der Waals surface area contributed by atoms with E-state index in [1.54, 1.807) is 0 Å². The average molecular weight is 127 g/mol. The van der Waals surface area contributed by atoms with E-state index in [2.05, 4.69) is 27.4 Å². The van der Waals surface area contributed by atoms with Crippen molar-refractivity contribution >= 4 is 0 Å². The molecule has 0 amide bonds. The molecule has 1 unspecified atom stereocenters. The summed E-state index contributed by atoms with van der Waals surface area (Å²) in [5.74, 6) is 0.525. The van der Waals surface area contributed by atoms with Crippen LogP contribution in [-0.4, -0.2) is 6.04 Å². The summed E-state index contributed by atoms with van der Waals surface area (Å²) in [6, 6.07) is 0.190. The van der Waals surface area contributed by atoms with Crippen LogP contribution in [0, 0.1) is 5.92 Å². The Labute approximate surface area is 57.9 Å². The Morgan fingerprint density at radius 1 is 1.56 bits per heavy atom. The van der Waals surface area contributed by atoms with Crippen LogP contribution in [0.2, 0.25) is 0 Å². The fraction of sp³-hybridized carbons (Fsp3) is 0.750. The van der Waals surface area contributed by atoms with Crippen LogP contribution in [0.1, 0.15) is 27.2 Å². The molecular formula is C8H17N. The van der Waals surface area contributed by atoms with Crippen molar-refractivity contribution in [1.82, 2.24) is 0 Å². The maximum absolute atomic E-state index is 5.77. The highest BCUT2D eigenvalue weighted by Gasteiger charge is 2.08. The topological polar surface area (TPSA) is 26.0 Å². The third-order valence-electron chi connectivity index (χ3n) is 1.64. The number of rotatable bonds is 3. The van der Waals surface area contributed by atoms with Gasteiger partial charge in [-0.2, -0.15) is 0 Å². The van der Waals surface area contributed by atoms with Crippen LogP contribution in [0.3, 0.4) is 0 Å². The van der Waals surface area contributed by atoms with E-state index in [0.29, 0.717) is 5.92 Å². The van der Waals surface area contributed by atoms with Gasteiger partial charge in [0.25, 0.3) is 0 Å². The molecule has 0 fully saturated rings. The molecule has 0 aromatic carbocycles. The van der Waals surface area contributed by atoms with Gasteiger partial charge in [-0.1, -0.05) is 32.9 Å². The van der Waals surface area contributed by atoms with Crippen molar-refractivity contribution in [3.8, 4) is 0 Å². The molecule has 0 radical (unpaired) electrons. The molecule has 0 aromatic heterocycles. The first-order valence-electron chi connectivity index (χ1n) is 3.52. The van der Waals surface area contributed by atoms with Crippen LogP contribution >= 0.6 is 0 Å². The molecule has 0 saturated carbocycles. The van der Waals surface area contributed by atoms with Crippen molar-refractivity contribution in [2.24, 2.45) is 11.7 Å². The van der Waals surface area contributed by atoms with Gasteiger partial charge in [0.2, 0.25) is 0 Å². The van der Waals surface area contributed by atoms with E-state index in [0.717, 1.165) is 12.0 Å². The van der Waals surface area contributed by atoms with E-state index >= 15 is 0 Å². The molecule has 54 valence electrons. The Balaban J connectivity index is 3.72. The predicted molar refractivity (Wildman–Crippen MR) is 42.2 cm³/mol. The van der Waals surface area contributed by atoms with Crippen molar-refractivity contribution in [1.29, 1.82) is 0 Å². The van der Waals surface area contributed by atoms with Crippen LogP contribution in [0.4, 0.5) is 0 Å². The van der Waals surface area contributed by atoms with Crippen molar-refractivity contribution < 1.29 is 0 Å². The average Bonchev–Trinajstić information content (AvgIpc) is 1.84. The van der Waals surface area contributed by atoms with Crippen molar-refractivity contribution in [2.45, 2.75) is 33.2 Å². The van der Waals surface area contributed by atoms with Gasteiger partial charge < -0.3 is 5.73 Å². The standard InChI is InChI=1S/C8H17N/c1-5-7(4)8(9)6(2)3/h6,8H,4-5,9H2,1-3H3. The van der Waals surface area contributed by atoms with Gasteiger partial charge >= 0.3 is 0 Å². The van der Waals surface area contributed by atoms with Crippen LogP contribution in [0.5, 0.6) is 0 Å². The minimum Gasteiger partial charge on any atom is -0.324 e. The Morgan fingerprint density at radius 3 is 2.11 bits per heavy atom. The summed E-state index contributed by atoms with van der Waals surface area (Å²) in [5, 5.41) is 0. The zero-order chi connectivity index (χ0) is 7.44. The van der Waals surface area contributed by atoms with Gasteiger partial charge in [0.15, 0.2) is 0 Å².